The number of nitrogens with zero attached hydrogens (tertiary/aromatic N) is 7. The molecule has 5 rings (SSSR count). The van der Waals surface area contributed by atoms with Crippen LogP contribution in [0.4, 0.5) is 23.4 Å². The first kappa shape index (κ1) is 21.8. The standard InChI is InChI=1S/C24H27N9O/c1-15(2)34-19-13-33(14-19)21-9-6-17(12-27-21)22-30-24(32(3)31-22)28-18-7-4-16(5-8-18)20-10-11-26-23(25)29-20/h4-12,15,19H,13-14H2,1-3H3,(H2,25,26,29)(H,28,30,31). The van der Waals surface area contributed by atoms with Crippen molar-refractivity contribution in [3.8, 4) is 22.6 Å². The van der Waals surface area contributed by atoms with E-state index in [2.05, 4.69) is 49.1 Å². The number of hydrogen-bond acceptors (Lipinski definition) is 9. The number of nitrogens with two attached hydrogens (primary N) is 1. The average molecular weight is 458 g/mol. The number of rotatable bonds is 7. The van der Waals surface area contributed by atoms with E-state index in [9.17, 15) is 0 Å². The third kappa shape index (κ3) is 4.67. The Hall–Kier alpha value is -4.05. The highest BCUT2D eigenvalue weighted by atomic mass is 16.5. The van der Waals surface area contributed by atoms with Crippen LogP contribution in [0.5, 0.6) is 0 Å². The van der Waals surface area contributed by atoms with E-state index < -0.39 is 0 Å². The van der Waals surface area contributed by atoms with Gasteiger partial charge in [0.1, 0.15) is 5.82 Å². The van der Waals surface area contributed by atoms with Crippen LogP contribution in [0, 0.1) is 0 Å². The highest BCUT2D eigenvalue weighted by Gasteiger charge is 2.29. The smallest absolute Gasteiger partial charge is 0.225 e. The van der Waals surface area contributed by atoms with Crippen molar-refractivity contribution in [1.29, 1.82) is 0 Å². The van der Waals surface area contributed by atoms with Gasteiger partial charge in [0.2, 0.25) is 11.9 Å². The van der Waals surface area contributed by atoms with Crippen LogP contribution in [-0.2, 0) is 11.8 Å². The van der Waals surface area contributed by atoms with Crippen LogP contribution in [0.2, 0.25) is 0 Å². The van der Waals surface area contributed by atoms with Crippen molar-refractivity contribution >= 4 is 23.4 Å². The second-order valence-corrected chi connectivity index (χ2v) is 8.50. The summed E-state index contributed by atoms with van der Waals surface area (Å²) < 4.78 is 7.53. The van der Waals surface area contributed by atoms with Gasteiger partial charge in [-0.3, -0.25) is 0 Å². The molecule has 4 aromatic rings. The molecule has 0 unspecified atom stereocenters. The quantitative estimate of drug-likeness (QED) is 0.431. The molecule has 174 valence electrons. The summed E-state index contributed by atoms with van der Waals surface area (Å²) in [5.74, 6) is 2.44. The van der Waals surface area contributed by atoms with Gasteiger partial charge in [-0.15, -0.1) is 5.10 Å². The van der Waals surface area contributed by atoms with Gasteiger partial charge >= 0.3 is 0 Å². The van der Waals surface area contributed by atoms with Crippen LogP contribution in [0.1, 0.15) is 13.8 Å². The molecule has 0 bridgehead atoms. The predicted molar refractivity (Wildman–Crippen MR) is 132 cm³/mol. The second-order valence-electron chi connectivity index (χ2n) is 8.50. The van der Waals surface area contributed by atoms with Crippen molar-refractivity contribution < 1.29 is 4.74 Å². The number of aryl methyl sites for hydroxylation is 1. The van der Waals surface area contributed by atoms with Crippen molar-refractivity contribution in [1.82, 2.24) is 29.7 Å². The van der Waals surface area contributed by atoms with Gasteiger partial charge in [-0.25, -0.2) is 19.6 Å². The van der Waals surface area contributed by atoms with E-state index in [1.807, 2.05) is 55.7 Å². The first-order valence-corrected chi connectivity index (χ1v) is 11.2. The van der Waals surface area contributed by atoms with Crippen LogP contribution < -0.4 is 16.0 Å². The molecule has 0 atom stereocenters. The third-order valence-corrected chi connectivity index (χ3v) is 5.52. The number of pyridine rings is 1. The number of ether oxygens (including phenoxy) is 1. The maximum absolute atomic E-state index is 5.82. The summed E-state index contributed by atoms with van der Waals surface area (Å²) in [4.78, 5) is 19.6. The van der Waals surface area contributed by atoms with Crippen molar-refractivity contribution in [3.05, 3.63) is 54.9 Å². The van der Waals surface area contributed by atoms with Crippen molar-refractivity contribution in [2.75, 3.05) is 29.0 Å². The van der Waals surface area contributed by atoms with E-state index in [0.29, 0.717) is 11.8 Å². The van der Waals surface area contributed by atoms with Crippen molar-refractivity contribution in [2.24, 2.45) is 7.05 Å². The average Bonchev–Trinajstić information content (AvgIpc) is 3.16. The molecule has 1 aliphatic heterocycles. The van der Waals surface area contributed by atoms with Crippen LogP contribution in [0.25, 0.3) is 22.6 Å². The molecular formula is C24H27N9O. The minimum absolute atomic E-state index is 0.247. The lowest BCUT2D eigenvalue weighted by Gasteiger charge is -2.40. The summed E-state index contributed by atoms with van der Waals surface area (Å²) in [6.07, 6.45) is 3.98. The molecule has 4 heterocycles. The topological polar surface area (TPSA) is 120 Å². The van der Waals surface area contributed by atoms with E-state index in [1.165, 1.54) is 0 Å². The van der Waals surface area contributed by atoms with Crippen molar-refractivity contribution in [3.63, 3.8) is 0 Å². The summed E-state index contributed by atoms with van der Waals surface area (Å²) in [6.45, 7) is 5.85. The lowest BCUT2D eigenvalue weighted by molar-refractivity contribution is -0.00745. The molecular weight excluding hydrogens is 430 g/mol. The molecule has 10 heteroatoms. The van der Waals surface area contributed by atoms with Crippen LogP contribution in [-0.4, -0.2) is 55.0 Å². The minimum atomic E-state index is 0.247. The first-order chi connectivity index (χ1) is 16.4. The van der Waals surface area contributed by atoms with Crippen LogP contribution in [0.15, 0.2) is 54.9 Å². The molecule has 0 amide bonds. The second kappa shape index (κ2) is 9.06. The number of benzene rings is 1. The van der Waals surface area contributed by atoms with Gasteiger partial charge in [0.15, 0.2) is 5.82 Å². The van der Waals surface area contributed by atoms with E-state index in [-0.39, 0.29) is 18.2 Å². The van der Waals surface area contributed by atoms with Gasteiger partial charge in [-0.2, -0.15) is 4.98 Å². The Morgan fingerprint density at radius 3 is 2.44 bits per heavy atom. The highest BCUT2D eigenvalue weighted by molar-refractivity contribution is 5.66. The maximum atomic E-state index is 5.82. The van der Waals surface area contributed by atoms with E-state index in [4.69, 9.17) is 10.5 Å². The normalized spacial score (nSPS) is 13.8. The first-order valence-electron chi connectivity index (χ1n) is 11.2. The molecule has 0 aliphatic carbocycles. The molecule has 3 aromatic heterocycles. The minimum Gasteiger partial charge on any atom is -0.372 e. The Kier molecular flexibility index (Phi) is 5.81. The van der Waals surface area contributed by atoms with Crippen LogP contribution >= 0.6 is 0 Å². The molecule has 1 saturated heterocycles. The molecule has 0 spiro atoms. The summed E-state index contributed by atoms with van der Waals surface area (Å²) in [6, 6.07) is 13.7. The number of hydrogen-bond donors (Lipinski definition) is 2. The molecule has 3 N–H and O–H groups in total. The third-order valence-electron chi connectivity index (χ3n) is 5.52. The summed E-state index contributed by atoms with van der Waals surface area (Å²) in [5.41, 5.74) is 9.16. The number of aromatic nitrogens is 6. The van der Waals surface area contributed by atoms with Gasteiger partial charge in [-0.05, 0) is 44.2 Å². The lowest BCUT2D eigenvalue weighted by atomic mass is 10.1. The largest absolute Gasteiger partial charge is 0.372 e. The maximum Gasteiger partial charge on any atom is 0.225 e. The zero-order valence-corrected chi connectivity index (χ0v) is 19.4. The molecule has 1 aromatic carbocycles. The van der Waals surface area contributed by atoms with E-state index in [0.717, 1.165) is 41.4 Å². The van der Waals surface area contributed by atoms with Gasteiger partial charge in [0.05, 0.1) is 17.9 Å². The molecule has 10 nitrogen and oxygen atoms in total. The molecule has 34 heavy (non-hydrogen) atoms. The van der Waals surface area contributed by atoms with Crippen LogP contribution in [0.3, 0.4) is 0 Å². The SMILES string of the molecule is CC(C)OC1CN(c2ccc(-c3nc(Nc4ccc(-c5ccnc(N)n5)cc4)n(C)n3)cn2)C1. The van der Waals surface area contributed by atoms with Gasteiger partial charge < -0.3 is 20.7 Å². The zero-order valence-electron chi connectivity index (χ0n) is 19.4. The lowest BCUT2D eigenvalue weighted by Crippen LogP contribution is -2.53. The molecule has 1 fully saturated rings. The van der Waals surface area contributed by atoms with Gasteiger partial charge in [-0.1, -0.05) is 12.1 Å². The van der Waals surface area contributed by atoms with Crippen molar-refractivity contribution in [2.45, 2.75) is 26.1 Å². The fourth-order valence-corrected chi connectivity index (χ4v) is 3.81. The Labute approximate surface area is 197 Å². The highest BCUT2D eigenvalue weighted by Crippen LogP contribution is 2.25. The van der Waals surface area contributed by atoms with E-state index in [1.54, 1.807) is 10.9 Å². The Morgan fingerprint density at radius 2 is 1.76 bits per heavy atom. The summed E-state index contributed by atoms with van der Waals surface area (Å²) >= 11 is 0. The summed E-state index contributed by atoms with van der Waals surface area (Å²) in [7, 11) is 1.85. The fourth-order valence-electron chi connectivity index (χ4n) is 3.81. The fraction of sp³-hybridized carbons (Fsp3) is 0.292. The molecule has 0 radical (unpaired) electrons. The monoisotopic (exact) mass is 457 g/mol. The number of anilines is 4. The number of nitrogen functional groups attached to an aromatic ring is 1. The van der Waals surface area contributed by atoms with E-state index >= 15 is 0 Å². The van der Waals surface area contributed by atoms with Gasteiger partial charge in [0.25, 0.3) is 0 Å². The Balaban J connectivity index is 1.24. The Morgan fingerprint density at radius 1 is 1.00 bits per heavy atom. The number of nitrogens with one attached hydrogen (secondary N) is 1. The predicted octanol–water partition coefficient (Wildman–Crippen LogP) is 3.27. The molecule has 0 saturated carbocycles. The Bertz CT molecular complexity index is 1260. The molecule has 1 aliphatic rings. The van der Waals surface area contributed by atoms with Gasteiger partial charge in [0, 0.05) is 49.3 Å². The summed E-state index contributed by atoms with van der Waals surface area (Å²) in [5, 5.41) is 7.85. The zero-order chi connectivity index (χ0) is 23.7.